The van der Waals surface area contributed by atoms with E-state index in [0.29, 0.717) is 10.8 Å². The van der Waals surface area contributed by atoms with Gasteiger partial charge in [0, 0.05) is 16.8 Å². The van der Waals surface area contributed by atoms with Crippen molar-refractivity contribution >= 4 is 17.4 Å². The van der Waals surface area contributed by atoms with Crippen molar-refractivity contribution in [3.8, 4) is 11.1 Å². The molecular formula is C15H19ClFN3. The molecule has 1 heterocycles. The molecule has 108 valence electrons. The summed E-state index contributed by atoms with van der Waals surface area (Å²) in [6, 6.07) is 4.33. The molecule has 1 aromatic heterocycles. The summed E-state index contributed by atoms with van der Waals surface area (Å²) in [5.74, 6) is 0.0503. The van der Waals surface area contributed by atoms with Crippen LogP contribution in [0.5, 0.6) is 0 Å². The number of aryl methyl sites for hydroxylation is 1. The second-order valence-electron chi connectivity index (χ2n) is 4.90. The lowest BCUT2D eigenvalue weighted by Gasteiger charge is -2.07. The number of hydrogen-bond donors (Lipinski definition) is 2. The van der Waals surface area contributed by atoms with Crippen molar-refractivity contribution in [1.29, 1.82) is 0 Å². The summed E-state index contributed by atoms with van der Waals surface area (Å²) >= 11 is 6.11. The molecular weight excluding hydrogens is 277 g/mol. The van der Waals surface area contributed by atoms with Gasteiger partial charge >= 0.3 is 0 Å². The lowest BCUT2D eigenvalue weighted by Crippen LogP contribution is -1.93. The first-order valence-electron chi connectivity index (χ1n) is 6.91. The van der Waals surface area contributed by atoms with E-state index in [4.69, 9.17) is 17.3 Å². The number of halogens is 2. The molecule has 3 nitrogen and oxygen atoms in total. The molecule has 0 amide bonds. The van der Waals surface area contributed by atoms with Gasteiger partial charge in [0.25, 0.3) is 0 Å². The molecule has 5 heteroatoms. The molecule has 1 aromatic carbocycles. The molecule has 0 unspecified atom stereocenters. The molecule has 0 spiro atoms. The quantitative estimate of drug-likeness (QED) is 0.767. The number of nitrogens with one attached hydrogen (secondary N) is 1. The molecule has 20 heavy (non-hydrogen) atoms. The smallest absolute Gasteiger partial charge is 0.153 e. The Morgan fingerprint density at radius 3 is 2.80 bits per heavy atom. The third kappa shape index (κ3) is 3.31. The Morgan fingerprint density at radius 2 is 2.10 bits per heavy atom. The van der Waals surface area contributed by atoms with E-state index >= 15 is 0 Å². The average molecular weight is 296 g/mol. The van der Waals surface area contributed by atoms with E-state index in [1.54, 1.807) is 6.07 Å². The molecule has 0 aliphatic heterocycles. The molecule has 0 bridgehead atoms. The number of rotatable bonds is 6. The molecule has 2 aromatic rings. The van der Waals surface area contributed by atoms with E-state index in [-0.39, 0.29) is 5.82 Å². The van der Waals surface area contributed by atoms with Crippen molar-refractivity contribution < 1.29 is 4.39 Å². The molecule has 2 rings (SSSR count). The van der Waals surface area contributed by atoms with E-state index in [1.807, 2.05) is 0 Å². The van der Waals surface area contributed by atoms with Crippen LogP contribution >= 0.6 is 11.6 Å². The maximum atomic E-state index is 13.1. The maximum absolute atomic E-state index is 13.1. The summed E-state index contributed by atoms with van der Waals surface area (Å²) in [6.45, 7) is 2.18. The Balaban J connectivity index is 2.24. The van der Waals surface area contributed by atoms with Gasteiger partial charge in [-0.15, -0.1) is 0 Å². The van der Waals surface area contributed by atoms with Crippen molar-refractivity contribution in [3.05, 3.63) is 34.7 Å². The predicted molar refractivity (Wildman–Crippen MR) is 81.3 cm³/mol. The minimum absolute atomic E-state index is 0.355. The molecule has 0 saturated carbocycles. The van der Waals surface area contributed by atoms with Gasteiger partial charge in [-0.2, -0.15) is 5.10 Å². The molecule has 0 radical (unpaired) electrons. The molecule has 0 atom stereocenters. The summed E-state index contributed by atoms with van der Waals surface area (Å²) in [4.78, 5) is 0. The highest BCUT2D eigenvalue weighted by Gasteiger charge is 2.15. The maximum Gasteiger partial charge on any atom is 0.153 e. The standard InChI is InChI=1S/C15H19ClFN3/c1-2-3-4-5-6-13-14(15(18)20-19-13)11-8-7-10(17)9-12(11)16/h7-9H,2-6H2,1H3,(H3,18,19,20). The summed E-state index contributed by atoms with van der Waals surface area (Å²) in [5.41, 5.74) is 8.41. The highest BCUT2D eigenvalue weighted by molar-refractivity contribution is 6.33. The first-order valence-corrected chi connectivity index (χ1v) is 7.29. The Hall–Kier alpha value is -1.55. The van der Waals surface area contributed by atoms with Crippen molar-refractivity contribution in [2.45, 2.75) is 39.0 Å². The average Bonchev–Trinajstić information content (AvgIpc) is 2.76. The molecule has 3 N–H and O–H groups in total. The predicted octanol–water partition coefficient (Wildman–Crippen LogP) is 4.57. The fourth-order valence-electron chi connectivity index (χ4n) is 2.30. The monoisotopic (exact) mass is 295 g/mol. The summed E-state index contributed by atoms with van der Waals surface area (Å²) < 4.78 is 13.1. The Bertz CT molecular complexity index is 580. The van der Waals surface area contributed by atoms with Crippen LogP contribution < -0.4 is 5.73 Å². The summed E-state index contributed by atoms with van der Waals surface area (Å²) in [5, 5.41) is 7.37. The number of unbranched alkanes of at least 4 members (excludes halogenated alkanes) is 3. The minimum atomic E-state index is -0.356. The van der Waals surface area contributed by atoms with Crippen LogP contribution in [0.3, 0.4) is 0 Å². The first-order chi connectivity index (χ1) is 9.63. The summed E-state index contributed by atoms with van der Waals surface area (Å²) in [6.07, 6.45) is 5.53. The van der Waals surface area contributed by atoms with Gasteiger partial charge in [-0.3, -0.25) is 5.10 Å². The van der Waals surface area contributed by atoms with Crippen molar-refractivity contribution in [2.24, 2.45) is 0 Å². The third-order valence-corrected chi connectivity index (χ3v) is 3.66. The number of hydrogen-bond acceptors (Lipinski definition) is 2. The zero-order chi connectivity index (χ0) is 14.5. The molecule has 0 saturated heterocycles. The number of nitrogens with two attached hydrogens (primary N) is 1. The van der Waals surface area contributed by atoms with Crippen molar-refractivity contribution in [3.63, 3.8) is 0 Å². The van der Waals surface area contributed by atoms with E-state index in [1.165, 1.54) is 31.4 Å². The van der Waals surface area contributed by atoms with E-state index in [9.17, 15) is 4.39 Å². The largest absolute Gasteiger partial charge is 0.382 e. The number of aromatic amines is 1. The van der Waals surface area contributed by atoms with Gasteiger partial charge in [-0.25, -0.2) is 4.39 Å². The first kappa shape index (κ1) is 14.9. The number of benzene rings is 1. The van der Waals surface area contributed by atoms with Crippen LogP contribution in [-0.4, -0.2) is 10.2 Å². The van der Waals surface area contributed by atoms with Gasteiger partial charge < -0.3 is 5.73 Å². The fourth-order valence-corrected chi connectivity index (χ4v) is 2.56. The third-order valence-electron chi connectivity index (χ3n) is 3.35. The molecule has 0 aliphatic carbocycles. The number of nitrogen functional groups attached to an aromatic ring is 1. The zero-order valence-corrected chi connectivity index (χ0v) is 12.3. The van der Waals surface area contributed by atoms with E-state index in [0.717, 1.165) is 29.7 Å². The second-order valence-corrected chi connectivity index (χ2v) is 5.30. The number of anilines is 1. The van der Waals surface area contributed by atoms with Gasteiger partial charge in [0.05, 0.1) is 5.02 Å². The van der Waals surface area contributed by atoms with Gasteiger partial charge in [-0.05, 0) is 31.0 Å². The normalized spacial score (nSPS) is 10.9. The van der Waals surface area contributed by atoms with Crippen LogP contribution in [0, 0.1) is 5.82 Å². The number of nitrogens with zero attached hydrogens (tertiary/aromatic N) is 1. The van der Waals surface area contributed by atoms with Crippen LogP contribution in [0.2, 0.25) is 5.02 Å². The fraction of sp³-hybridized carbons (Fsp3) is 0.400. The van der Waals surface area contributed by atoms with Crippen molar-refractivity contribution in [1.82, 2.24) is 10.2 Å². The Kier molecular flexibility index (Phi) is 5.01. The minimum Gasteiger partial charge on any atom is -0.382 e. The second kappa shape index (κ2) is 6.75. The highest BCUT2D eigenvalue weighted by atomic mass is 35.5. The molecule has 0 aliphatic rings. The molecule has 0 fully saturated rings. The topological polar surface area (TPSA) is 54.7 Å². The Labute approximate surface area is 123 Å². The van der Waals surface area contributed by atoms with Gasteiger partial charge in [0.1, 0.15) is 5.82 Å². The Morgan fingerprint density at radius 1 is 1.30 bits per heavy atom. The van der Waals surface area contributed by atoms with Gasteiger partial charge in [0.2, 0.25) is 0 Å². The lowest BCUT2D eigenvalue weighted by atomic mass is 10.0. The number of H-pyrrole nitrogens is 1. The van der Waals surface area contributed by atoms with Crippen LogP contribution in [0.1, 0.15) is 38.3 Å². The van der Waals surface area contributed by atoms with Crippen LogP contribution in [0.25, 0.3) is 11.1 Å². The van der Waals surface area contributed by atoms with Crippen molar-refractivity contribution in [2.75, 3.05) is 5.73 Å². The van der Waals surface area contributed by atoms with E-state index in [2.05, 4.69) is 17.1 Å². The van der Waals surface area contributed by atoms with Gasteiger partial charge in [-0.1, -0.05) is 37.8 Å². The highest BCUT2D eigenvalue weighted by Crippen LogP contribution is 2.34. The SMILES string of the molecule is CCCCCCc1[nH]nc(N)c1-c1ccc(F)cc1Cl. The van der Waals surface area contributed by atoms with Crippen LogP contribution in [0.4, 0.5) is 10.2 Å². The van der Waals surface area contributed by atoms with Crippen LogP contribution in [-0.2, 0) is 6.42 Å². The van der Waals surface area contributed by atoms with Crippen LogP contribution in [0.15, 0.2) is 18.2 Å². The van der Waals surface area contributed by atoms with Gasteiger partial charge in [0.15, 0.2) is 5.82 Å². The lowest BCUT2D eigenvalue weighted by molar-refractivity contribution is 0.628. The zero-order valence-electron chi connectivity index (χ0n) is 11.5. The summed E-state index contributed by atoms with van der Waals surface area (Å²) in [7, 11) is 0. The van der Waals surface area contributed by atoms with E-state index < -0.39 is 0 Å². The number of aromatic nitrogens is 2.